The fourth-order valence-electron chi connectivity index (χ4n) is 4.16. The Bertz CT molecular complexity index is 253. The van der Waals surface area contributed by atoms with Crippen molar-refractivity contribution in [2.24, 2.45) is 17.8 Å². The van der Waals surface area contributed by atoms with Crippen LogP contribution in [0.5, 0.6) is 0 Å². The molecule has 0 radical (unpaired) electrons. The molecule has 1 N–H and O–H groups in total. The van der Waals surface area contributed by atoms with Gasteiger partial charge in [0.05, 0.1) is 12.7 Å². The highest BCUT2D eigenvalue weighted by Gasteiger charge is 2.39. The van der Waals surface area contributed by atoms with Gasteiger partial charge in [-0.2, -0.15) is 0 Å². The molecule has 4 unspecified atom stereocenters. The number of morpholine rings is 1. The van der Waals surface area contributed by atoms with E-state index in [4.69, 9.17) is 4.74 Å². The van der Waals surface area contributed by atoms with E-state index in [2.05, 4.69) is 17.3 Å². The monoisotopic (exact) mass is 238 g/mol. The highest BCUT2D eigenvalue weighted by atomic mass is 16.5. The van der Waals surface area contributed by atoms with Crippen LogP contribution in [0.4, 0.5) is 0 Å². The first-order valence-electron chi connectivity index (χ1n) is 7.32. The van der Waals surface area contributed by atoms with Crippen molar-refractivity contribution >= 4 is 0 Å². The Balaban J connectivity index is 1.42. The second-order valence-electron chi connectivity index (χ2n) is 6.35. The van der Waals surface area contributed by atoms with Crippen LogP contribution in [-0.4, -0.2) is 50.8 Å². The van der Waals surface area contributed by atoms with Crippen LogP contribution >= 0.6 is 0 Å². The summed E-state index contributed by atoms with van der Waals surface area (Å²) in [5, 5.41) is 3.41. The zero-order chi connectivity index (χ0) is 11.7. The van der Waals surface area contributed by atoms with Crippen LogP contribution in [0.3, 0.4) is 0 Å². The van der Waals surface area contributed by atoms with Gasteiger partial charge < -0.3 is 15.0 Å². The summed E-state index contributed by atoms with van der Waals surface area (Å²) in [6.07, 6.45) is 6.46. The predicted octanol–water partition coefficient (Wildman–Crippen LogP) is 1.34. The van der Waals surface area contributed by atoms with Gasteiger partial charge in [0.15, 0.2) is 0 Å². The Labute approximate surface area is 105 Å². The molecule has 0 aromatic rings. The molecule has 0 spiro atoms. The van der Waals surface area contributed by atoms with E-state index in [1.54, 1.807) is 0 Å². The van der Waals surface area contributed by atoms with E-state index in [0.29, 0.717) is 6.10 Å². The summed E-state index contributed by atoms with van der Waals surface area (Å²) in [5.41, 5.74) is 0. The number of likely N-dealkylation sites (N-methyl/N-ethyl adjacent to an activating group) is 1. The van der Waals surface area contributed by atoms with Crippen molar-refractivity contribution in [3.05, 3.63) is 0 Å². The predicted molar refractivity (Wildman–Crippen MR) is 69.0 cm³/mol. The lowest BCUT2D eigenvalue weighted by molar-refractivity contribution is 0.00648. The maximum atomic E-state index is 5.77. The molecule has 2 aliphatic carbocycles. The summed E-state index contributed by atoms with van der Waals surface area (Å²) in [5.74, 6) is 3.11. The molecule has 1 aliphatic heterocycles. The molecule has 3 fully saturated rings. The molecule has 0 aromatic heterocycles. The summed E-state index contributed by atoms with van der Waals surface area (Å²) in [7, 11) is 2.27. The number of hydrogen-bond donors (Lipinski definition) is 1. The Morgan fingerprint density at radius 3 is 2.82 bits per heavy atom. The standard InChI is InChI=1S/C14H26N2O/c1-16(10-14-8-15-4-5-17-14)9-13-7-11-2-3-12(13)6-11/h11-15H,2-10H2,1H3. The van der Waals surface area contributed by atoms with Crippen LogP contribution in [-0.2, 0) is 4.74 Å². The minimum Gasteiger partial charge on any atom is -0.374 e. The Hall–Kier alpha value is -0.120. The van der Waals surface area contributed by atoms with Gasteiger partial charge in [-0.3, -0.25) is 0 Å². The Morgan fingerprint density at radius 2 is 2.18 bits per heavy atom. The molecule has 3 nitrogen and oxygen atoms in total. The lowest BCUT2D eigenvalue weighted by atomic mass is 9.88. The zero-order valence-electron chi connectivity index (χ0n) is 11.0. The van der Waals surface area contributed by atoms with Gasteiger partial charge in [-0.1, -0.05) is 6.42 Å². The molecular formula is C14H26N2O. The molecule has 1 heterocycles. The molecule has 2 bridgehead atoms. The maximum absolute atomic E-state index is 5.77. The van der Waals surface area contributed by atoms with Crippen LogP contribution in [0.1, 0.15) is 25.7 Å². The van der Waals surface area contributed by atoms with Gasteiger partial charge >= 0.3 is 0 Å². The van der Waals surface area contributed by atoms with Crippen LogP contribution in [0, 0.1) is 17.8 Å². The lowest BCUT2D eigenvalue weighted by Crippen LogP contribution is -2.45. The fourth-order valence-corrected chi connectivity index (χ4v) is 4.16. The molecule has 98 valence electrons. The van der Waals surface area contributed by atoms with Crippen LogP contribution in [0.2, 0.25) is 0 Å². The third-order valence-corrected chi connectivity index (χ3v) is 4.95. The highest BCUT2D eigenvalue weighted by molar-refractivity contribution is 4.91. The van der Waals surface area contributed by atoms with Crippen molar-refractivity contribution in [3.63, 3.8) is 0 Å². The van der Waals surface area contributed by atoms with E-state index in [1.807, 2.05) is 0 Å². The average molecular weight is 238 g/mol. The topological polar surface area (TPSA) is 24.5 Å². The molecule has 2 saturated carbocycles. The summed E-state index contributed by atoms with van der Waals surface area (Å²) in [6, 6.07) is 0. The van der Waals surface area contributed by atoms with Gasteiger partial charge in [0, 0.05) is 26.2 Å². The average Bonchev–Trinajstić information content (AvgIpc) is 2.92. The first kappa shape index (κ1) is 11.9. The van der Waals surface area contributed by atoms with Crippen LogP contribution < -0.4 is 5.32 Å². The quantitative estimate of drug-likeness (QED) is 0.800. The number of rotatable bonds is 4. The van der Waals surface area contributed by atoms with Crippen molar-refractivity contribution in [1.82, 2.24) is 10.2 Å². The van der Waals surface area contributed by atoms with Crippen LogP contribution in [0.15, 0.2) is 0 Å². The molecule has 4 atom stereocenters. The maximum Gasteiger partial charge on any atom is 0.0826 e. The third-order valence-electron chi connectivity index (χ3n) is 4.95. The van der Waals surface area contributed by atoms with E-state index in [0.717, 1.165) is 44.0 Å². The van der Waals surface area contributed by atoms with E-state index in [-0.39, 0.29) is 0 Å². The third kappa shape index (κ3) is 2.83. The second kappa shape index (κ2) is 5.25. The molecule has 0 aromatic carbocycles. The minimum atomic E-state index is 0.410. The molecule has 3 aliphatic rings. The van der Waals surface area contributed by atoms with Crippen molar-refractivity contribution in [3.8, 4) is 0 Å². The zero-order valence-corrected chi connectivity index (χ0v) is 11.0. The molecule has 0 amide bonds. The number of nitrogens with zero attached hydrogens (tertiary/aromatic N) is 1. The van der Waals surface area contributed by atoms with Crippen molar-refractivity contribution in [1.29, 1.82) is 0 Å². The summed E-state index contributed by atoms with van der Waals surface area (Å²) in [6.45, 7) is 5.32. The van der Waals surface area contributed by atoms with Gasteiger partial charge in [-0.25, -0.2) is 0 Å². The first-order valence-corrected chi connectivity index (χ1v) is 7.32. The minimum absolute atomic E-state index is 0.410. The van der Waals surface area contributed by atoms with Crippen LogP contribution in [0.25, 0.3) is 0 Å². The van der Waals surface area contributed by atoms with Gasteiger partial charge in [0.25, 0.3) is 0 Å². The van der Waals surface area contributed by atoms with E-state index >= 15 is 0 Å². The molecular weight excluding hydrogens is 212 g/mol. The first-order chi connectivity index (χ1) is 8.31. The largest absolute Gasteiger partial charge is 0.374 e. The molecule has 3 rings (SSSR count). The SMILES string of the molecule is CN(CC1CNCCO1)CC1CC2CCC1C2. The molecule has 3 heteroatoms. The molecule has 1 saturated heterocycles. The summed E-state index contributed by atoms with van der Waals surface area (Å²) < 4.78 is 5.77. The summed E-state index contributed by atoms with van der Waals surface area (Å²) >= 11 is 0. The van der Waals surface area contributed by atoms with E-state index in [9.17, 15) is 0 Å². The number of ether oxygens (including phenoxy) is 1. The molecule has 17 heavy (non-hydrogen) atoms. The Morgan fingerprint density at radius 1 is 1.24 bits per heavy atom. The van der Waals surface area contributed by atoms with Gasteiger partial charge in [-0.05, 0) is 44.1 Å². The summed E-state index contributed by atoms with van der Waals surface area (Å²) in [4.78, 5) is 2.50. The van der Waals surface area contributed by atoms with Crippen molar-refractivity contribution in [2.45, 2.75) is 31.8 Å². The lowest BCUT2D eigenvalue weighted by Gasteiger charge is -2.31. The smallest absolute Gasteiger partial charge is 0.0826 e. The second-order valence-corrected chi connectivity index (χ2v) is 6.35. The van der Waals surface area contributed by atoms with Gasteiger partial charge in [0.1, 0.15) is 0 Å². The van der Waals surface area contributed by atoms with E-state index in [1.165, 1.54) is 32.2 Å². The van der Waals surface area contributed by atoms with Gasteiger partial charge in [0.2, 0.25) is 0 Å². The van der Waals surface area contributed by atoms with E-state index < -0.39 is 0 Å². The van der Waals surface area contributed by atoms with Gasteiger partial charge in [-0.15, -0.1) is 0 Å². The number of hydrogen-bond acceptors (Lipinski definition) is 3. The van der Waals surface area contributed by atoms with Crippen molar-refractivity contribution < 1.29 is 4.74 Å². The number of nitrogens with one attached hydrogen (secondary N) is 1. The highest BCUT2D eigenvalue weighted by Crippen LogP contribution is 2.48. The number of fused-ring (bicyclic) bond motifs is 2. The van der Waals surface area contributed by atoms with Crippen molar-refractivity contribution in [2.75, 3.05) is 39.8 Å². The normalized spacial score (nSPS) is 41.3. The Kier molecular flexibility index (Phi) is 3.69. The fraction of sp³-hybridized carbons (Fsp3) is 1.00.